The van der Waals surface area contributed by atoms with E-state index in [1.165, 1.54) is 4.90 Å². The summed E-state index contributed by atoms with van der Waals surface area (Å²) in [7, 11) is 0. The van der Waals surface area contributed by atoms with Crippen molar-refractivity contribution in [1.29, 1.82) is 0 Å². The summed E-state index contributed by atoms with van der Waals surface area (Å²) in [6.45, 7) is 4.78. The van der Waals surface area contributed by atoms with Gasteiger partial charge < -0.3 is 14.7 Å². The van der Waals surface area contributed by atoms with Crippen LogP contribution in [0.15, 0.2) is 48.3 Å². The molecule has 6 nitrogen and oxygen atoms in total. The average molecular weight is 392 g/mol. The van der Waals surface area contributed by atoms with Gasteiger partial charge in [0.1, 0.15) is 5.76 Å². The van der Waals surface area contributed by atoms with Gasteiger partial charge in [0.2, 0.25) is 0 Å². The highest BCUT2D eigenvalue weighted by Gasteiger charge is 2.47. The number of rotatable bonds is 4. The zero-order valence-corrected chi connectivity index (χ0v) is 16.6. The first-order chi connectivity index (χ1) is 14.0. The molecule has 1 amide bonds. The molecule has 1 aromatic carbocycles. The molecule has 0 aliphatic carbocycles. The number of hydrogen-bond acceptors (Lipinski definition) is 5. The van der Waals surface area contributed by atoms with Crippen LogP contribution in [-0.4, -0.2) is 45.9 Å². The van der Waals surface area contributed by atoms with Crippen LogP contribution in [0.2, 0.25) is 0 Å². The Hall–Kier alpha value is -2.99. The Labute approximate surface area is 169 Å². The van der Waals surface area contributed by atoms with Crippen LogP contribution in [0.5, 0.6) is 0 Å². The first kappa shape index (κ1) is 19.3. The first-order valence-corrected chi connectivity index (χ1v) is 9.85. The number of carbonyl (C=O) groups excluding carboxylic acids is 2. The van der Waals surface area contributed by atoms with Crippen LogP contribution in [-0.2, 0) is 14.3 Å². The van der Waals surface area contributed by atoms with E-state index in [0.717, 1.165) is 29.5 Å². The monoisotopic (exact) mass is 392 g/mol. The minimum atomic E-state index is -0.665. The predicted molar refractivity (Wildman–Crippen MR) is 108 cm³/mol. The lowest BCUT2D eigenvalue weighted by Crippen LogP contribution is -2.36. The second-order valence-corrected chi connectivity index (χ2v) is 7.69. The van der Waals surface area contributed by atoms with E-state index in [9.17, 15) is 14.7 Å². The van der Waals surface area contributed by atoms with Crippen molar-refractivity contribution in [2.75, 3.05) is 13.2 Å². The summed E-state index contributed by atoms with van der Waals surface area (Å²) >= 11 is 0. The number of aromatic nitrogens is 1. The van der Waals surface area contributed by atoms with E-state index in [0.29, 0.717) is 18.7 Å². The highest BCUT2D eigenvalue weighted by Crippen LogP contribution is 2.40. The van der Waals surface area contributed by atoms with Crippen LogP contribution < -0.4 is 0 Å². The van der Waals surface area contributed by atoms with Gasteiger partial charge in [0.25, 0.3) is 11.7 Å². The molecule has 2 unspecified atom stereocenters. The maximum atomic E-state index is 13.0. The third-order valence-electron chi connectivity index (χ3n) is 5.63. The molecule has 1 aromatic heterocycles. The van der Waals surface area contributed by atoms with Crippen molar-refractivity contribution < 1.29 is 19.4 Å². The largest absolute Gasteiger partial charge is 0.507 e. The van der Waals surface area contributed by atoms with Gasteiger partial charge >= 0.3 is 0 Å². The Morgan fingerprint density at radius 2 is 1.97 bits per heavy atom. The number of ketones is 1. The van der Waals surface area contributed by atoms with Gasteiger partial charge in [-0.3, -0.25) is 14.6 Å². The van der Waals surface area contributed by atoms with Crippen molar-refractivity contribution in [3.8, 4) is 0 Å². The van der Waals surface area contributed by atoms with Gasteiger partial charge in [-0.15, -0.1) is 0 Å². The molecule has 2 aliphatic rings. The van der Waals surface area contributed by atoms with E-state index in [1.807, 2.05) is 32.0 Å². The SMILES string of the molecule is Cc1ccc(C)c(/C(O)=C2\C(=O)C(=O)N(CC3CCCO3)C2c2ccncc2)c1. The van der Waals surface area contributed by atoms with Crippen molar-refractivity contribution in [2.24, 2.45) is 0 Å². The van der Waals surface area contributed by atoms with Crippen molar-refractivity contribution in [3.63, 3.8) is 0 Å². The summed E-state index contributed by atoms with van der Waals surface area (Å²) in [6, 6.07) is 8.56. The number of aliphatic hydroxyl groups is 1. The number of benzene rings is 1. The van der Waals surface area contributed by atoms with Gasteiger partial charge in [-0.25, -0.2) is 0 Å². The van der Waals surface area contributed by atoms with Crippen LogP contribution in [0.25, 0.3) is 5.76 Å². The lowest BCUT2D eigenvalue weighted by atomic mass is 9.93. The highest BCUT2D eigenvalue weighted by molar-refractivity contribution is 6.46. The van der Waals surface area contributed by atoms with E-state index < -0.39 is 17.7 Å². The number of aryl methyl sites for hydroxylation is 2. The van der Waals surface area contributed by atoms with Gasteiger partial charge in [0.15, 0.2) is 0 Å². The first-order valence-electron chi connectivity index (χ1n) is 9.85. The van der Waals surface area contributed by atoms with Crippen molar-refractivity contribution in [2.45, 2.75) is 38.8 Å². The molecule has 0 saturated carbocycles. The number of Topliss-reactive ketones (excluding diaryl/α,β-unsaturated/α-hetero) is 1. The molecule has 2 aromatic rings. The standard InChI is InChI=1S/C23H24N2O4/c1-14-5-6-15(2)18(12-14)21(26)19-20(16-7-9-24-10-8-16)25(23(28)22(19)27)13-17-4-3-11-29-17/h5-10,12,17,20,26H,3-4,11,13H2,1-2H3/b21-19+. The second kappa shape index (κ2) is 7.79. The Morgan fingerprint density at radius 3 is 2.66 bits per heavy atom. The van der Waals surface area contributed by atoms with E-state index in [4.69, 9.17) is 4.74 Å². The number of ether oxygens (including phenoxy) is 1. The van der Waals surface area contributed by atoms with E-state index in [-0.39, 0.29) is 17.4 Å². The molecule has 29 heavy (non-hydrogen) atoms. The summed E-state index contributed by atoms with van der Waals surface area (Å²) in [5, 5.41) is 11.2. The molecule has 6 heteroatoms. The number of nitrogens with zero attached hydrogens (tertiary/aromatic N) is 2. The van der Waals surface area contributed by atoms with Gasteiger partial charge in [-0.1, -0.05) is 17.7 Å². The minimum Gasteiger partial charge on any atom is -0.507 e. The molecule has 2 aliphatic heterocycles. The summed E-state index contributed by atoms with van der Waals surface area (Å²) in [5.74, 6) is -1.40. The molecule has 1 N–H and O–H groups in total. The molecule has 150 valence electrons. The van der Waals surface area contributed by atoms with Crippen LogP contribution in [0.4, 0.5) is 0 Å². The molecule has 2 fully saturated rings. The Kier molecular flexibility index (Phi) is 5.20. The normalized spacial score (nSPS) is 23.7. The molecular formula is C23H24N2O4. The number of carbonyl (C=O) groups is 2. The topological polar surface area (TPSA) is 79.7 Å². The maximum absolute atomic E-state index is 13.0. The molecule has 3 heterocycles. The number of likely N-dealkylation sites (tertiary alicyclic amines) is 1. The zero-order valence-electron chi connectivity index (χ0n) is 16.6. The fraction of sp³-hybridized carbons (Fsp3) is 0.348. The number of amides is 1. The second-order valence-electron chi connectivity index (χ2n) is 7.69. The quantitative estimate of drug-likeness (QED) is 0.491. The van der Waals surface area contributed by atoms with Gasteiger partial charge in [0, 0.05) is 31.1 Å². The van der Waals surface area contributed by atoms with Gasteiger partial charge in [-0.05, 0) is 56.0 Å². The smallest absolute Gasteiger partial charge is 0.295 e. The molecular weight excluding hydrogens is 368 g/mol. The minimum absolute atomic E-state index is 0.0988. The van der Waals surface area contributed by atoms with Gasteiger partial charge in [-0.2, -0.15) is 0 Å². The molecule has 0 radical (unpaired) electrons. The van der Waals surface area contributed by atoms with Crippen LogP contribution in [0.1, 0.15) is 41.1 Å². The fourth-order valence-corrected chi connectivity index (χ4v) is 4.10. The average Bonchev–Trinajstić information content (AvgIpc) is 3.32. The summed E-state index contributed by atoms with van der Waals surface area (Å²) in [4.78, 5) is 31.5. The van der Waals surface area contributed by atoms with Crippen molar-refractivity contribution in [3.05, 3.63) is 70.6 Å². The molecule has 4 rings (SSSR count). The number of pyridine rings is 1. The number of hydrogen-bond donors (Lipinski definition) is 1. The Morgan fingerprint density at radius 1 is 1.21 bits per heavy atom. The van der Waals surface area contributed by atoms with Crippen LogP contribution >= 0.6 is 0 Å². The molecule has 0 spiro atoms. The third-order valence-corrected chi connectivity index (χ3v) is 5.63. The Bertz CT molecular complexity index is 978. The van der Waals surface area contributed by atoms with Crippen molar-refractivity contribution >= 4 is 17.4 Å². The molecule has 0 bridgehead atoms. The maximum Gasteiger partial charge on any atom is 0.295 e. The highest BCUT2D eigenvalue weighted by atomic mass is 16.5. The number of aliphatic hydroxyl groups excluding tert-OH is 1. The van der Waals surface area contributed by atoms with E-state index >= 15 is 0 Å². The van der Waals surface area contributed by atoms with Crippen LogP contribution in [0, 0.1) is 13.8 Å². The lowest BCUT2D eigenvalue weighted by Gasteiger charge is -2.27. The summed E-state index contributed by atoms with van der Waals surface area (Å²) in [5.41, 5.74) is 3.23. The molecule has 2 atom stereocenters. The van der Waals surface area contributed by atoms with E-state index in [2.05, 4.69) is 4.98 Å². The molecule has 2 saturated heterocycles. The Balaban J connectivity index is 1.85. The van der Waals surface area contributed by atoms with Crippen LogP contribution in [0.3, 0.4) is 0 Å². The fourth-order valence-electron chi connectivity index (χ4n) is 4.10. The summed E-state index contributed by atoms with van der Waals surface area (Å²) in [6.07, 6.45) is 4.94. The third kappa shape index (κ3) is 3.56. The summed E-state index contributed by atoms with van der Waals surface area (Å²) < 4.78 is 5.70. The van der Waals surface area contributed by atoms with Gasteiger partial charge in [0.05, 0.1) is 17.7 Å². The zero-order chi connectivity index (χ0) is 20.5. The van der Waals surface area contributed by atoms with E-state index in [1.54, 1.807) is 24.5 Å². The van der Waals surface area contributed by atoms with Crippen molar-refractivity contribution in [1.82, 2.24) is 9.88 Å². The lowest BCUT2D eigenvalue weighted by molar-refractivity contribution is -0.140. The predicted octanol–water partition coefficient (Wildman–Crippen LogP) is 3.30.